The molecule has 42 heavy (non-hydrogen) atoms. The number of benzene rings is 4. The van der Waals surface area contributed by atoms with Crippen molar-refractivity contribution in [2.45, 2.75) is 39.7 Å². The zero-order chi connectivity index (χ0) is 28.5. The summed E-state index contributed by atoms with van der Waals surface area (Å²) in [5.41, 5.74) is 10.5. The molecule has 0 spiro atoms. The second-order valence-corrected chi connectivity index (χ2v) is 10.9. The van der Waals surface area contributed by atoms with Gasteiger partial charge in [0.05, 0.1) is 11.8 Å². The smallest absolute Gasteiger partial charge is 0.374 e. The van der Waals surface area contributed by atoms with Crippen LogP contribution in [0.1, 0.15) is 39.0 Å². The predicted molar refractivity (Wildman–Crippen MR) is 171 cm³/mol. The van der Waals surface area contributed by atoms with Gasteiger partial charge in [-0.25, -0.2) is 0 Å². The van der Waals surface area contributed by atoms with Gasteiger partial charge in [0.15, 0.2) is 5.75 Å². The van der Waals surface area contributed by atoms with Gasteiger partial charge in [-0.1, -0.05) is 78.9 Å². The van der Waals surface area contributed by atoms with Gasteiger partial charge in [-0.05, 0) is 84.7 Å². The average molecular weight is 552 g/mol. The molecule has 2 heterocycles. The second-order valence-electron chi connectivity index (χ2n) is 10.9. The summed E-state index contributed by atoms with van der Waals surface area (Å²) >= 11 is 0. The summed E-state index contributed by atoms with van der Waals surface area (Å²) in [7, 11) is 0. The molecule has 1 aliphatic carbocycles. The van der Waals surface area contributed by atoms with Crippen LogP contribution in [0, 0.1) is 0 Å². The van der Waals surface area contributed by atoms with Crippen LogP contribution in [0.3, 0.4) is 0 Å². The minimum Gasteiger partial charge on any atom is -0.439 e. The van der Waals surface area contributed by atoms with Crippen molar-refractivity contribution in [1.29, 1.82) is 0 Å². The molecule has 7 rings (SSSR count). The summed E-state index contributed by atoms with van der Waals surface area (Å²) in [4.78, 5) is 2.27. The first-order valence-electron chi connectivity index (χ1n) is 15.0. The molecular formula is C38H35N2O2+. The number of aryl methyl sites for hydroxylation is 1. The molecular weight excluding hydrogens is 516 g/mol. The molecule has 0 fully saturated rings. The zero-order valence-corrected chi connectivity index (χ0v) is 24.2. The SMILES string of the molecule is CCN1C(=CC2=CC(=Cc3oc4ccc(-c5ccccc5)cc4[n+]3CC)CCC2)Oc2ccc(-c3ccccc3)cc21. The summed E-state index contributed by atoms with van der Waals surface area (Å²) in [5.74, 6) is 2.70. The van der Waals surface area contributed by atoms with Gasteiger partial charge in [0.2, 0.25) is 11.5 Å². The quantitative estimate of drug-likeness (QED) is 0.197. The molecule has 0 saturated heterocycles. The lowest BCUT2D eigenvalue weighted by molar-refractivity contribution is -0.674. The Bertz CT molecular complexity index is 1840. The average Bonchev–Trinajstić information content (AvgIpc) is 3.57. The number of anilines is 1. The van der Waals surface area contributed by atoms with Gasteiger partial charge in [-0.15, -0.1) is 0 Å². The lowest BCUT2D eigenvalue weighted by atomic mass is 9.94. The van der Waals surface area contributed by atoms with Crippen molar-refractivity contribution in [1.82, 2.24) is 0 Å². The minimum absolute atomic E-state index is 0.841. The lowest BCUT2D eigenvalue weighted by Crippen LogP contribution is -2.33. The number of hydrogen-bond donors (Lipinski definition) is 0. The predicted octanol–water partition coefficient (Wildman–Crippen LogP) is 9.33. The van der Waals surface area contributed by atoms with Gasteiger partial charge in [0.1, 0.15) is 6.54 Å². The molecule has 0 saturated carbocycles. The fraction of sp³-hybridized carbons (Fsp3) is 0.184. The maximum absolute atomic E-state index is 6.39. The molecule has 4 aromatic carbocycles. The largest absolute Gasteiger partial charge is 0.439 e. The number of oxazole rings is 1. The number of aromatic nitrogens is 1. The molecule has 0 bridgehead atoms. The van der Waals surface area contributed by atoms with E-state index in [2.05, 4.69) is 139 Å². The van der Waals surface area contributed by atoms with Crippen LogP contribution in [0.5, 0.6) is 5.75 Å². The van der Waals surface area contributed by atoms with Gasteiger partial charge < -0.3 is 14.1 Å². The molecule has 0 radical (unpaired) electrons. The highest BCUT2D eigenvalue weighted by Gasteiger charge is 2.26. The Morgan fingerprint density at radius 2 is 1.48 bits per heavy atom. The topological polar surface area (TPSA) is 29.5 Å². The number of rotatable bonds is 6. The highest BCUT2D eigenvalue weighted by Crippen LogP contribution is 2.42. The first kappa shape index (κ1) is 26.1. The standard InChI is InChI=1S/C38H35N2O2/c1-3-39-33-25-31(29-14-7-5-8-15-29)18-20-35(33)41-37(39)23-27-12-11-13-28(22-27)24-38-40(4-2)34-26-32(19-21-36(34)42-38)30-16-9-6-10-17-30/h5-10,14-26H,3-4,11-13H2,1-2H3/q+1. The third-order valence-electron chi connectivity index (χ3n) is 8.23. The van der Waals surface area contributed by atoms with Gasteiger partial charge in [-0.3, -0.25) is 0 Å². The van der Waals surface area contributed by atoms with Gasteiger partial charge in [0.25, 0.3) is 5.52 Å². The number of ether oxygens (including phenoxy) is 1. The molecule has 4 nitrogen and oxygen atoms in total. The Kier molecular flexibility index (Phi) is 6.97. The van der Waals surface area contributed by atoms with Crippen molar-refractivity contribution in [3.8, 4) is 28.0 Å². The maximum Gasteiger partial charge on any atom is 0.374 e. The Morgan fingerprint density at radius 3 is 2.19 bits per heavy atom. The van der Waals surface area contributed by atoms with E-state index in [1.54, 1.807) is 0 Å². The van der Waals surface area contributed by atoms with Crippen LogP contribution in [0.2, 0.25) is 0 Å². The highest BCUT2D eigenvalue weighted by molar-refractivity contribution is 5.79. The van der Waals surface area contributed by atoms with E-state index < -0.39 is 0 Å². The molecule has 0 N–H and O–H groups in total. The number of nitrogens with zero attached hydrogens (tertiary/aromatic N) is 2. The van der Waals surface area contributed by atoms with Crippen LogP contribution in [0.25, 0.3) is 39.4 Å². The van der Waals surface area contributed by atoms with Crippen molar-refractivity contribution in [3.63, 3.8) is 0 Å². The molecule has 0 unspecified atom stereocenters. The van der Waals surface area contributed by atoms with E-state index in [0.29, 0.717) is 0 Å². The second kappa shape index (κ2) is 11.2. The lowest BCUT2D eigenvalue weighted by Gasteiger charge is -2.18. The molecule has 4 heteroatoms. The third-order valence-corrected chi connectivity index (χ3v) is 8.23. The van der Waals surface area contributed by atoms with Crippen LogP contribution in [0.15, 0.2) is 131 Å². The van der Waals surface area contributed by atoms with E-state index in [9.17, 15) is 0 Å². The summed E-state index contributed by atoms with van der Waals surface area (Å²) < 4.78 is 15.0. The minimum atomic E-state index is 0.841. The van der Waals surface area contributed by atoms with Crippen molar-refractivity contribution in [2.24, 2.45) is 0 Å². The van der Waals surface area contributed by atoms with E-state index in [1.807, 2.05) is 0 Å². The number of hydrogen-bond acceptors (Lipinski definition) is 3. The Balaban J connectivity index is 1.19. The van der Waals surface area contributed by atoms with Crippen molar-refractivity contribution >= 4 is 22.9 Å². The van der Waals surface area contributed by atoms with E-state index in [-0.39, 0.29) is 0 Å². The van der Waals surface area contributed by atoms with Crippen LogP contribution in [-0.4, -0.2) is 6.54 Å². The van der Waals surface area contributed by atoms with Crippen LogP contribution < -0.4 is 14.2 Å². The van der Waals surface area contributed by atoms with E-state index in [4.69, 9.17) is 9.15 Å². The van der Waals surface area contributed by atoms with Crippen LogP contribution in [0.4, 0.5) is 5.69 Å². The monoisotopic (exact) mass is 551 g/mol. The molecule has 208 valence electrons. The summed E-state index contributed by atoms with van der Waals surface area (Å²) in [5, 5.41) is 0. The molecule has 5 aromatic rings. The molecule has 2 aliphatic rings. The van der Waals surface area contributed by atoms with Gasteiger partial charge in [-0.2, -0.15) is 4.57 Å². The highest BCUT2D eigenvalue weighted by atomic mass is 16.5. The number of allylic oxidation sites excluding steroid dienone is 4. The normalized spacial score (nSPS) is 16.6. The number of fused-ring (bicyclic) bond motifs is 2. The van der Waals surface area contributed by atoms with E-state index in [0.717, 1.165) is 66.7 Å². The van der Waals surface area contributed by atoms with Crippen LogP contribution in [-0.2, 0) is 6.54 Å². The zero-order valence-electron chi connectivity index (χ0n) is 24.2. The first-order chi connectivity index (χ1) is 20.7. The fourth-order valence-corrected chi connectivity index (χ4v) is 6.11. The molecule has 0 amide bonds. The van der Waals surface area contributed by atoms with Crippen molar-refractivity contribution in [3.05, 3.63) is 132 Å². The van der Waals surface area contributed by atoms with Crippen LogP contribution >= 0.6 is 0 Å². The fourth-order valence-electron chi connectivity index (χ4n) is 6.11. The Morgan fingerprint density at radius 1 is 0.762 bits per heavy atom. The maximum atomic E-state index is 6.39. The van der Waals surface area contributed by atoms with Gasteiger partial charge in [0, 0.05) is 18.7 Å². The summed E-state index contributed by atoms with van der Waals surface area (Å²) in [6.07, 6.45) is 9.91. The molecule has 1 aromatic heterocycles. The molecule has 0 atom stereocenters. The Labute approximate surface area is 247 Å². The van der Waals surface area contributed by atoms with Crippen molar-refractivity contribution in [2.75, 3.05) is 11.4 Å². The molecule has 1 aliphatic heterocycles. The van der Waals surface area contributed by atoms with Crippen molar-refractivity contribution < 1.29 is 13.7 Å². The van der Waals surface area contributed by atoms with Gasteiger partial charge >= 0.3 is 5.89 Å². The summed E-state index contributed by atoms with van der Waals surface area (Å²) in [6, 6.07) is 34.0. The van der Waals surface area contributed by atoms with E-state index >= 15 is 0 Å². The summed E-state index contributed by atoms with van der Waals surface area (Å²) in [6.45, 7) is 6.04. The Hall–Kier alpha value is -4.83. The first-order valence-corrected chi connectivity index (χ1v) is 15.0. The van der Waals surface area contributed by atoms with E-state index in [1.165, 1.54) is 33.4 Å². The third kappa shape index (κ3) is 4.94.